The van der Waals surface area contributed by atoms with E-state index in [0.29, 0.717) is 17.9 Å². The van der Waals surface area contributed by atoms with E-state index in [-0.39, 0.29) is 35.0 Å². The highest BCUT2D eigenvalue weighted by atomic mass is 35.5. The second-order valence-corrected chi connectivity index (χ2v) is 5.97. The topological polar surface area (TPSA) is 35.2 Å². The van der Waals surface area contributed by atoms with Gasteiger partial charge in [0.25, 0.3) is 0 Å². The molecule has 2 N–H and O–H groups in total. The molecule has 4 heteroatoms. The Bertz CT molecular complexity index is 454. The molecule has 19 heavy (non-hydrogen) atoms. The molecule has 5 unspecified atom stereocenters. The average Bonchev–Trinajstić information content (AvgIpc) is 2.59. The van der Waals surface area contributed by atoms with Gasteiger partial charge >= 0.3 is 0 Å². The summed E-state index contributed by atoms with van der Waals surface area (Å²) in [6, 6.07) is 4.93. The molecule has 0 bridgehead atoms. The van der Waals surface area contributed by atoms with Crippen molar-refractivity contribution in [1.82, 2.24) is 0 Å². The van der Waals surface area contributed by atoms with Gasteiger partial charge in [-0.15, -0.1) is 0 Å². The number of benzene rings is 1. The fourth-order valence-corrected chi connectivity index (χ4v) is 3.32. The molecule has 2 nitrogen and oxygen atoms in total. The first-order valence-corrected chi connectivity index (χ1v) is 7.13. The zero-order valence-electron chi connectivity index (χ0n) is 11.6. The summed E-state index contributed by atoms with van der Waals surface area (Å²) in [5.41, 5.74) is 6.87. The summed E-state index contributed by atoms with van der Waals surface area (Å²) in [6.07, 6.45) is 0.805. The van der Waals surface area contributed by atoms with Crippen LogP contribution in [0.2, 0.25) is 5.02 Å². The second kappa shape index (κ2) is 5.78. The molecule has 0 radical (unpaired) electrons. The summed E-state index contributed by atoms with van der Waals surface area (Å²) in [5.74, 6) is 0.271. The van der Waals surface area contributed by atoms with Crippen molar-refractivity contribution in [3.63, 3.8) is 0 Å². The van der Waals surface area contributed by atoms with Crippen molar-refractivity contribution in [2.75, 3.05) is 0 Å². The minimum atomic E-state index is -0.355. The number of rotatable bonds is 3. The lowest BCUT2D eigenvalue weighted by Crippen LogP contribution is -2.39. The van der Waals surface area contributed by atoms with Crippen LogP contribution in [0.15, 0.2) is 18.2 Å². The zero-order valence-corrected chi connectivity index (χ0v) is 12.3. The molecule has 1 heterocycles. The van der Waals surface area contributed by atoms with E-state index in [9.17, 15) is 4.39 Å². The van der Waals surface area contributed by atoms with E-state index in [0.717, 1.165) is 0 Å². The minimum absolute atomic E-state index is 0.113. The Morgan fingerprint density at radius 1 is 1.32 bits per heavy atom. The van der Waals surface area contributed by atoms with Crippen molar-refractivity contribution in [2.24, 2.45) is 17.6 Å². The molecule has 106 valence electrons. The molecule has 0 aliphatic carbocycles. The Morgan fingerprint density at radius 2 is 2.00 bits per heavy atom. The van der Waals surface area contributed by atoms with Crippen molar-refractivity contribution >= 4 is 11.6 Å². The highest BCUT2D eigenvalue weighted by Gasteiger charge is 2.40. The summed E-state index contributed by atoms with van der Waals surface area (Å²) in [4.78, 5) is 0. The SMILES string of the molecule is CC1OC(C)C(C(N)Cc2cccc(Cl)c2F)C1C. The van der Waals surface area contributed by atoms with Gasteiger partial charge in [-0.25, -0.2) is 4.39 Å². The van der Waals surface area contributed by atoms with Crippen LogP contribution >= 0.6 is 11.6 Å². The Balaban J connectivity index is 2.13. The van der Waals surface area contributed by atoms with Crippen LogP contribution in [0.3, 0.4) is 0 Å². The smallest absolute Gasteiger partial charge is 0.145 e. The minimum Gasteiger partial charge on any atom is -0.375 e. The Morgan fingerprint density at radius 3 is 2.58 bits per heavy atom. The van der Waals surface area contributed by atoms with Gasteiger partial charge in [0.15, 0.2) is 0 Å². The van der Waals surface area contributed by atoms with E-state index in [1.54, 1.807) is 18.2 Å². The van der Waals surface area contributed by atoms with Gasteiger partial charge in [0.05, 0.1) is 17.2 Å². The van der Waals surface area contributed by atoms with Crippen molar-refractivity contribution in [3.8, 4) is 0 Å². The summed E-state index contributed by atoms with van der Waals surface area (Å²) in [7, 11) is 0. The number of hydrogen-bond acceptors (Lipinski definition) is 2. The maximum atomic E-state index is 13.9. The molecule has 1 fully saturated rings. The van der Waals surface area contributed by atoms with Crippen molar-refractivity contribution < 1.29 is 9.13 Å². The summed E-state index contributed by atoms with van der Waals surface area (Å²) in [6.45, 7) is 6.25. The van der Waals surface area contributed by atoms with E-state index < -0.39 is 0 Å². The highest BCUT2D eigenvalue weighted by Crippen LogP contribution is 2.35. The lowest BCUT2D eigenvalue weighted by molar-refractivity contribution is 0.0490. The molecule has 1 saturated heterocycles. The van der Waals surface area contributed by atoms with E-state index >= 15 is 0 Å². The molecule has 1 aromatic rings. The maximum Gasteiger partial charge on any atom is 0.145 e. The van der Waals surface area contributed by atoms with Gasteiger partial charge in [-0.3, -0.25) is 0 Å². The van der Waals surface area contributed by atoms with Gasteiger partial charge in [-0.1, -0.05) is 30.7 Å². The van der Waals surface area contributed by atoms with Crippen LogP contribution < -0.4 is 5.73 Å². The fraction of sp³-hybridized carbons (Fsp3) is 0.600. The number of ether oxygens (including phenoxy) is 1. The number of halogens is 2. The van der Waals surface area contributed by atoms with Crippen LogP contribution in [0.1, 0.15) is 26.3 Å². The number of hydrogen-bond donors (Lipinski definition) is 1. The van der Waals surface area contributed by atoms with E-state index in [2.05, 4.69) is 13.8 Å². The summed E-state index contributed by atoms with van der Waals surface area (Å²) in [5, 5.41) is 0.154. The summed E-state index contributed by atoms with van der Waals surface area (Å²) < 4.78 is 19.7. The lowest BCUT2D eigenvalue weighted by Gasteiger charge is -2.26. The normalized spacial score (nSPS) is 32.5. The molecule has 0 aromatic heterocycles. The first-order chi connectivity index (χ1) is 8.91. The van der Waals surface area contributed by atoms with Gasteiger partial charge in [0, 0.05) is 12.0 Å². The second-order valence-electron chi connectivity index (χ2n) is 5.56. The molecule has 1 aliphatic heterocycles. The van der Waals surface area contributed by atoms with Gasteiger partial charge < -0.3 is 10.5 Å². The third-order valence-electron chi connectivity index (χ3n) is 4.30. The summed E-state index contributed by atoms with van der Waals surface area (Å²) >= 11 is 5.80. The standard InChI is InChI=1S/C15H21ClFNO/c1-8-9(2)19-10(3)14(8)13(18)7-11-5-4-6-12(16)15(11)17/h4-6,8-10,13-14H,7,18H2,1-3H3. The monoisotopic (exact) mass is 285 g/mol. The Labute approximate surface area is 119 Å². The lowest BCUT2D eigenvalue weighted by atomic mass is 9.81. The van der Waals surface area contributed by atoms with Crippen molar-refractivity contribution in [3.05, 3.63) is 34.6 Å². The maximum absolute atomic E-state index is 13.9. The van der Waals surface area contributed by atoms with Gasteiger partial charge in [-0.05, 0) is 37.8 Å². The quantitative estimate of drug-likeness (QED) is 0.924. The fourth-order valence-electron chi connectivity index (χ4n) is 3.13. The highest BCUT2D eigenvalue weighted by molar-refractivity contribution is 6.30. The van der Waals surface area contributed by atoms with Crippen molar-refractivity contribution in [2.45, 2.75) is 45.4 Å². The molecular weight excluding hydrogens is 265 g/mol. The molecule has 0 saturated carbocycles. The van der Waals surface area contributed by atoms with E-state index in [1.165, 1.54) is 0 Å². The zero-order chi connectivity index (χ0) is 14.2. The van der Waals surface area contributed by atoms with Crippen LogP contribution in [0, 0.1) is 17.7 Å². The Hall–Kier alpha value is -0.640. The van der Waals surface area contributed by atoms with Crippen LogP contribution in [0.5, 0.6) is 0 Å². The Kier molecular flexibility index (Phi) is 4.49. The van der Waals surface area contributed by atoms with Gasteiger partial charge in [0.2, 0.25) is 0 Å². The van der Waals surface area contributed by atoms with E-state index in [4.69, 9.17) is 22.1 Å². The van der Waals surface area contributed by atoms with Gasteiger partial charge in [0.1, 0.15) is 5.82 Å². The number of nitrogens with two attached hydrogens (primary N) is 1. The predicted octanol–water partition coefficient (Wildman–Crippen LogP) is 3.41. The molecule has 1 aromatic carbocycles. The van der Waals surface area contributed by atoms with Crippen LogP contribution in [0.4, 0.5) is 4.39 Å². The van der Waals surface area contributed by atoms with E-state index in [1.807, 2.05) is 6.92 Å². The molecule has 0 spiro atoms. The third-order valence-corrected chi connectivity index (χ3v) is 4.59. The average molecular weight is 286 g/mol. The first kappa shape index (κ1) is 14.8. The van der Waals surface area contributed by atoms with Crippen LogP contribution in [-0.2, 0) is 11.2 Å². The predicted molar refractivity (Wildman–Crippen MR) is 75.8 cm³/mol. The first-order valence-electron chi connectivity index (χ1n) is 6.75. The molecular formula is C15H21ClFNO. The molecule has 2 rings (SSSR count). The third kappa shape index (κ3) is 2.93. The van der Waals surface area contributed by atoms with Crippen LogP contribution in [-0.4, -0.2) is 18.2 Å². The van der Waals surface area contributed by atoms with Gasteiger partial charge in [-0.2, -0.15) is 0 Å². The molecule has 0 amide bonds. The van der Waals surface area contributed by atoms with Crippen molar-refractivity contribution in [1.29, 1.82) is 0 Å². The molecule has 1 aliphatic rings. The molecule has 5 atom stereocenters. The largest absolute Gasteiger partial charge is 0.375 e. The van der Waals surface area contributed by atoms with Crippen LogP contribution in [0.25, 0.3) is 0 Å².